The van der Waals surface area contributed by atoms with Gasteiger partial charge in [-0.2, -0.15) is 5.10 Å². The van der Waals surface area contributed by atoms with E-state index in [4.69, 9.17) is 14.5 Å². The highest BCUT2D eigenvalue weighted by atomic mass is 127. The van der Waals surface area contributed by atoms with Crippen molar-refractivity contribution in [2.45, 2.75) is 65.5 Å². The Morgan fingerprint density at radius 2 is 2.03 bits per heavy atom. The van der Waals surface area contributed by atoms with Crippen LogP contribution in [0.4, 0.5) is 0 Å². The predicted molar refractivity (Wildman–Crippen MR) is 133 cm³/mol. The first-order chi connectivity index (χ1) is 14.7. The first-order valence-corrected chi connectivity index (χ1v) is 10.8. The fraction of sp³-hybridized carbons (Fsp3) is 0.591. The summed E-state index contributed by atoms with van der Waals surface area (Å²) >= 11 is 0. The second-order valence-electron chi connectivity index (χ2n) is 7.46. The molecule has 1 aromatic heterocycles. The lowest BCUT2D eigenvalue weighted by Gasteiger charge is -2.25. The summed E-state index contributed by atoms with van der Waals surface area (Å²) in [5.74, 6) is 2.60. The van der Waals surface area contributed by atoms with Crippen molar-refractivity contribution < 1.29 is 9.47 Å². The van der Waals surface area contributed by atoms with Crippen LogP contribution in [-0.2, 0) is 42.2 Å². The Morgan fingerprint density at radius 3 is 2.77 bits per heavy atom. The van der Waals surface area contributed by atoms with Crippen LogP contribution in [0.3, 0.4) is 0 Å². The first kappa shape index (κ1) is 25.5. The maximum Gasteiger partial charge on any atom is 0.191 e. The number of nitrogens with one attached hydrogen (secondary N) is 2. The number of fused-ring (bicyclic) bond motifs is 1. The van der Waals surface area contributed by atoms with Gasteiger partial charge >= 0.3 is 0 Å². The lowest BCUT2D eigenvalue weighted by Crippen LogP contribution is -2.47. The minimum absolute atomic E-state index is 0. The summed E-state index contributed by atoms with van der Waals surface area (Å²) in [6, 6.07) is 8.61. The fourth-order valence-corrected chi connectivity index (χ4v) is 3.53. The van der Waals surface area contributed by atoms with Gasteiger partial charge in [0, 0.05) is 32.7 Å². The van der Waals surface area contributed by atoms with Crippen LogP contribution in [-0.4, -0.2) is 47.0 Å². The van der Waals surface area contributed by atoms with Gasteiger partial charge in [0.1, 0.15) is 12.4 Å². The van der Waals surface area contributed by atoms with Gasteiger partial charge < -0.3 is 20.1 Å². The molecular weight excluding hydrogens is 507 g/mol. The Labute approximate surface area is 202 Å². The zero-order valence-corrected chi connectivity index (χ0v) is 21.1. The Hall–Kier alpha value is -1.72. The summed E-state index contributed by atoms with van der Waals surface area (Å²) in [4.78, 5) is 9.38. The van der Waals surface area contributed by atoms with Gasteiger partial charge in [-0.1, -0.05) is 31.2 Å². The molecule has 1 atom stereocenters. The molecule has 2 heterocycles. The molecule has 2 aromatic rings. The van der Waals surface area contributed by atoms with Gasteiger partial charge in [0.15, 0.2) is 11.8 Å². The van der Waals surface area contributed by atoms with Crippen LogP contribution < -0.4 is 10.6 Å². The summed E-state index contributed by atoms with van der Waals surface area (Å²) in [5.41, 5.74) is 2.39. The highest BCUT2D eigenvalue weighted by Gasteiger charge is 2.22. The summed E-state index contributed by atoms with van der Waals surface area (Å²) in [7, 11) is 1.66. The second-order valence-corrected chi connectivity index (χ2v) is 7.46. The minimum atomic E-state index is 0. The van der Waals surface area contributed by atoms with E-state index < -0.39 is 0 Å². The van der Waals surface area contributed by atoms with E-state index >= 15 is 0 Å². The molecule has 0 bridgehead atoms. The largest absolute Gasteiger partial charge is 0.377 e. The van der Waals surface area contributed by atoms with E-state index in [1.54, 1.807) is 7.11 Å². The number of hydrogen-bond donors (Lipinski definition) is 2. The van der Waals surface area contributed by atoms with Crippen LogP contribution >= 0.6 is 24.0 Å². The molecule has 8 nitrogen and oxygen atoms in total. The maximum absolute atomic E-state index is 5.73. The Bertz CT molecular complexity index is 826. The van der Waals surface area contributed by atoms with Crippen molar-refractivity contribution in [3.05, 3.63) is 47.0 Å². The van der Waals surface area contributed by atoms with E-state index in [2.05, 4.69) is 58.8 Å². The molecule has 0 fully saturated rings. The first-order valence-electron chi connectivity index (χ1n) is 10.8. The quantitative estimate of drug-likeness (QED) is 0.208. The standard InChI is InChI=1S/C22H34N6O2.HI/c1-4-12-30-15-18-9-7-6-8-17(18)13-24-22(23-5-2)25-19-10-11-21-26-20(16-29-3)27-28(21)14-19;/h6-9,19H,4-5,10-16H2,1-3H3,(H2,23,24,25);1H. The number of guanidine groups is 1. The van der Waals surface area contributed by atoms with Gasteiger partial charge in [-0.25, -0.2) is 14.7 Å². The third-order valence-corrected chi connectivity index (χ3v) is 4.99. The number of aryl methyl sites for hydroxylation is 1. The topological polar surface area (TPSA) is 85.6 Å². The number of aromatic nitrogens is 3. The van der Waals surface area contributed by atoms with E-state index in [-0.39, 0.29) is 30.0 Å². The number of ether oxygens (including phenoxy) is 2. The number of rotatable bonds is 10. The normalized spacial score (nSPS) is 15.8. The number of methoxy groups -OCH3 is 1. The predicted octanol–water partition coefficient (Wildman–Crippen LogP) is 3.04. The highest BCUT2D eigenvalue weighted by Crippen LogP contribution is 2.14. The Balaban J connectivity index is 0.00000341. The summed E-state index contributed by atoms with van der Waals surface area (Å²) in [5, 5.41) is 11.5. The van der Waals surface area contributed by atoms with Crippen molar-refractivity contribution >= 4 is 29.9 Å². The van der Waals surface area contributed by atoms with Crippen molar-refractivity contribution in [1.82, 2.24) is 25.4 Å². The maximum atomic E-state index is 5.73. The molecule has 2 N–H and O–H groups in total. The Morgan fingerprint density at radius 1 is 1.23 bits per heavy atom. The molecule has 1 aliphatic rings. The number of benzene rings is 1. The average Bonchev–Trinajstić information content (AvgIpc) is 3.15. The molecule has 1 unspecified atom stereocenters. The van der Waals surface area contributed by atoms with Crippen LogP contribution in [0.2, 0.25) is 0 Å². The van der Waals surface area contributed by atoms with Gasteiger partial charge in [-0.05, 0) is 30.9 Å². The molecule has 0 saturated heterocycles. The minimum Gasteiger partial charge on any atom is -0.377 e. The van der Waals surface area contributed by atoms with Gasteiger partial charge in [0.25, 0.3) is 0 Å². The van der Waals surface area contributed by atoms with Crippen LogP contribution in [0.1, 0.15) is 49.5 Å². The molecule has 0 aliphatic carbocycles. The van der Waals surface area contributed by atoms with E-state index in [1.165, 1.54) is 11.1 Å². The van der Waals surface area contributed by atoms with Crippen LogP contribution in [0, 0.1) is 0 Å². The van der Waals surface area contributed by atoms with E-state index in [0.29, 0.717) is 19.8 Å². The van der Waals surface area contributed by atoms with Gasteiger partial charge in [0.05, 0.1) is 19.7 Å². The van der Waals surface area contributed by atoms with Crippen LogP contribution in [0.25, 0.3) is 0 Å². The zero-order valence-electron chi connectivity index (χ0n) is 18.8. The molecule has 0 radical (unpaired) electrons. The molecule has 1 aromatic carbocycles. The smallest absolute Gasteiger partial charge is 0.191 e. The lowest BCUT2D eigenvalue weighted by atomic mass is 10.1. The molecule has 0 spiro atoms. The van der Waals surface area contributed by atoms with E-state index in [0.717, 1.165) is 56.6 Å². The molecule has 172 valence electrons. The van der Waals surface area contributed by atoms with E-state index in [9.17, 15) is 0 Å². The monoisotopic (exact) mass is 542 g/mol. The third kappa shape index (κ3) is 7.73. The average molecular weight is 542 g/mol. The number of hydrogen-bond acceptors (Lipinski definition) is 5. The second kappa shape index (κ2) is 13.6. The number of nitrogens with zero attached hydrogens (tertiary/aromatic N) is 4. The van der Waals surface area contributed by atoms with Crippen molar-refractivity contribution in [2.75, 3.05) is 20.3 Å². The molecule has 1 aliphatic heterocycles. The highest BCUT2D eigenvalue weighted by molar-refractivity contribution is 14.0. The number of aliphatic imine (C=N–C) groups is 1. The van der Waals surface area contributed by atoms with E-state index in [1.807, 2.05) is 4.68 Å². The molecule has 3 rings (SSSR count). The molecular formula is C22H35IN6O2. The molecule has 9 heteroatoms. The third-order valence-electron chi connectivity index (χ3n) is 4.99. The summed E-state index contributed by atoms with van der Waals surface area (Å²) < 4.78 is 12.9. The van der Waals surface area contributed by atoms with Crippen LogP contribution in [0.15, 0.2) is 29.3 Å². The van der Waals surface area contributed by atoms with Crippen LogP contribution in [0.5, 0.6) is 0 Å². The van der Waals surface area contributed by atoms with Crippen molar-refractivity contribution in [1.29, 1.82) is 0 Å². The fourth-order valence-electron chi connectivity index (χ4n) is 3.53. The Kier molecular flexibility index (Phi) is 11.2. The number of halogens is 1. The van der Waals surface area contributed by atoms with Gasteiger partial charge in [-0.15, -0.1) is 24.0 Å². The SMILES string of the molecule is CCCOCc1ccccc1CN=C(NCC)NC1CCc2nc(COC)nn2C1.I. The van der Waals surface area contributed by atoms with Gasteiger partial charge in [-0.3, -0.25) is 0 Å². The molecule has 31 heavy (non-hydrogen) atoms. The lowest BCUT2D eigenvalue weighted by molar-refractivity contribution is 0.121. The van der Waals surface area contributed by atoms with Gasteiger partial charge in [0.2, 0.25) is 0 Å². The van der Waals surface area contributed by atoms with Crippen molar-refractivity contribution in [3.63, 3.8) is 0 Å². The van der Waals surface area contributed by atoms with Crippen molar-refractivity contribution in [3.8, 4) is 0 Å². The summed E-state index contributed by atoms with van der Waals surface area (Å²) in [6.07, 6.45) is 2.92. The van der Waals surface area contributed by atoms with Crippen molar-refractivity contribution in [2.24, 2.45) is 4.99 Å². The zero-order chi connectivity index (χ0) is 21.2. The summed E-state index contributed by atoms with van der Waals surface area (Å²) in [6.45, 7) is 8.26. The molecule has 0 amide bonds. The molecule has 0 saturated carbocycles.